The van der Waals surface area contributed by atoms with E-state index < -0.39 is 0 Å². The van der Waals surface area contributed by atoms with Crippen LogP contribution in [0.25, 0.3) is 11.3 Å². The summed E-state index contributed by atoms with van der Waals surface area (Å²) in [6, 6.07) is 11.6. The Morgan fingerprint density at radius 3 is 2.71 bits per heavy atom. The molecular weight excluding hydrogens is 487 g/mol. The van der Waals surface area contributed by atoms with Crippen molar-refractivity contribution in [2.24, 2.45) is 0 Å². The smallest absolute Gasteiger partial charge is 0.225 e. The molecule has 0 aliphatic heterocycles. The number of hydrogen-bond donors (Lipinski definition) is 2. The SMILES string of the molecule is CN(C)CCCNc1nc(Nc2ccc(I)cc2Cl)cc(-c2cccnc2)n1. The molecule has 0 saturated carbocycles. The number of benzene rings is 1. The minimum atomic E-state index is 0.573. The lowest BCUT2D eigenvalue weighted by molar-refractivity contribution is 0.405. The van der Waals surface area contributed by atoms with Crippen molar-refractivity contribution in [1.29, 1.82) is 0 Å². The number of aromatic nitrogens is 3. The number of nitrogens with zero attached hydrogens (tertiary/aromatic N) is 4. The van der Waals surface area contributed by atoms with Crippen molar-refractivity contribution in [1.82, 2.24) is 19.9 Å². The van der Waals surface area contributed by atoms with Gasteiger partial charge in [-0.05, 0) is 80.0 Å². The fraction of sp³-hybridized carbons (Fsp3) is 0.250. The summed E-state index contributed by atoms with van der Waals surface area (Å²) in [7, 11) is 4.12. The predicted octanol–water partition coefficient (Wildman–Crippen LogP) is 4.90. The molecule has 0 amide bonds. The van der Waals surface area contributed by atoms with Crippen LogP contribution in [0.2, 0.25) is 5.02 Å². The minimum absolute atomic E-state index is 0.573. The molecule has 2 heterocycles. The highest BCUT2D eigenvalue weighted by molar-refractivity contribution is 14.1. The van der Waals surface area contributed by atoms with Gasteiger partial charge in [0.2, 0.25) is 5.95 Å². The van der Waals surface area contributed by atoms with E-state index in [1.54, 1.807) is 12.4 Å². The Kier molecular flexibility index (Phi) is 7.41. The highest BCUT2D eigenvalue weighted by Crippen LogP contribution is 2.28. The van der Waals surface area contributed by atoms with Gasteiger partial charge in [-0.1, -0.05) is 11.6 Å². The lowest BCUT2D eigenvalue weighted by Crippen LogP contribution is -2.17. The number of halogens is 2. The third-order valence-corrected chi connectivity index (χ3v) is 4.93. The summed E-state index contributed by atoms with van der Waals surface area (Å²) < 4.78 is 1.08. The Hall–Kier alpha value is -1.97. The Balaban J connectivity index is 1.86. The van der Waals surface area contributed by atoms with Crippen LogP contribution in [0.5, 0.6) is 0 Å². The van der Waals surface area contributed by atoms with Crippen LogP contribution in [0.15, 0.2) is 48.8 Å². The van der Waals surface area contributed by atoms with Crippen molar-refractivity contribution in [3.63, 3.8) is 0 Å². The van der Waals surface area contributed by atoms with E-state index in [-0.39, 0.29) is 0 Å². The summed E-state index contributed by atoms with van der Waals surface area (Å²) in [5.74, 6) is 1.25. The van der Waals surface area contributed by atoms with Gasteiger partial charge in [-0.3, -0.25) is 4.98 Å². The summed E-state index contributed by atoms with van der Waals surface area (Å²) in [5.41, 5.74) is 2.52. The predicted molar refractivity (Wildman–Crippen MR) is 124 cm³/mol. The van der Waals surface area contributed by atoms with Crippen LogP contribution in [-0.4, -0.2) is 47.0 Å². The maximum Gasteiger partial charge on any atom is 0.225 e. The zero-order chi connectivity index (χ0) is 19.9. The van der Waals surface area contributed by atoms with E-state index >= 15 is 0 Å². The number of anilines is 3. The first-order valence-electron chi connectivity index (χ1n) is 8.91. The molecule has 0 fully saturated rings. The molecule has 0 radical (unpaired) electrons. The van der Waals surface area contributed by atoms with Crippen LogP contribution >= 0.6 is 34.2 Å². The maximum absolute atomic E-state index is 6.37. The zero-order valence-corrected chi connectivity index (χ0v) is 18.7. The summed E-state index contributed by atoms with van der Waals surface area (Å²) >= 11 is 8.60. The van der Waals surface area contributed by atoms with Gasteiger partial charge in [0, 0.05) is 34.1 Å². The second-order valence-electron chi connectivity index (χ2n) is 6.54. The zero-order valence-electron chi connectivity index (χ0n) is 15.8. The molecule has 0 spiro atoms. The molecule has 0 aliphatic carbocycles. The second-order valence-corrected chi connectivity index (χ2v) is 8.19. The van der Waals surface area contributed by atoms with E-state index in [1.807, 2.05) is 36.4 Å². The Labute approximate surface area is 183 Å². The van der Waals surface area contributed by atoms with Crippen LogP contribution in [0.4, 0.5) is 17.5 Å². The lowest BCUT2D eigenvalue weighted by Gasteiger charge is -2.13. The van der Waals surface area contributed by atoms with E-state index in [0.717, 1.165) is 40.0 Å². The molecule has 0 saturated heterocycles. The van der Waals surface area contributed by atoms with Crippen LogP contribution in [0, 0.1) is 3.57 Å². The molecule has 2 aromatic heterocycles. The van der Waals surface area contributed by atoms with Crippen molar-refractivity contribution in [3.8, 4) is 11.3 Å². The molecule has 3 rings (SSSR count). The number of rotatable bonds is 8. The van der Waals surface area contributed by atoms with Gasteiger partial charge >= 0.3 is 0 Å². The lowest BCUT2D eigenvalue weighted by atomic mass is 10.2. The molecule has 8 heteroatoms. The molecule has 0 atom stereocenters. The first kappa shape index (κ1) is 20.8. The van der Waals surface area contributed by atoms with Gasteiger partial charge in [0.05, 0.1) is 16.4 Å². The third-order valence-electron chi connectivity index (χ3n) is 3.94. The van der Waals surface area contributed by atoms with E-state index in [4.69, 9.17) is 11.6 Å². The Bertz CT molecular complexity index is 920. The number of hydrogen-bond acceptors (Lipinski definition) is 6. The molecule has 0 bridgehead atoms. The fourth-order valence-electron chi connectivity index (χ4n) is 2.58. The van der Waals surface area contributed by atoms with Crippen molar-refractivity contribution in [2.75, 3.05) is 37.8 Å². The largest absolute Gasteiger partial charge is 0.354 e. The molecule has 146 valence electrons. The molecule has 1 aromatic carbocycles. The average molecular weight is 509 g/mol. The van der Waals surface area contributed by atoms with E-state index in [0.29, 0.717) is 16.8 Å². The van der Waals surface area contributed by atoms with Crippen LogP contribution in [-0.2, 0) is 0 Å². The van der Waals surface area contributed by atoms with E-state index in [9.17, 15) is 0 Å². The van der Waals surface area contributed by atoms with E-state index in [1.165, 1.54) is 0 Å². The number of pyridine rings is 1. The molecule has 6 nitrogen and oxygen atoms in total. The molecular formula is C20H22ClIN6. The van der Waals surface area contributed by atoms with E-state index in [2.05, 4.69) is 67.2 Å². The van der Waals surface area contributed by atoms with Crippen molar-refractivity contribution in [3.05, 3.63) is 57.4 Å². The Morgan fingerprint density at radius 2 is 2.00 bits per heavy atom. The molecule has 2 N–H and O–H groups in total. The first-order chi connectivity index (χ1) is 13.5. The minimum Gasteiger partial charge on any atom is -0.354 e. The highest BCUT2D eigenvalue weighted by Gasteiger charge is 2.09. The van der Waals surface area contributed by atoms with Crippen molar-refractivity contribution < 1.29 is 0 Å². The normalized spacial score (nSPS) is 10.9. The van der Waals surface area contributed by atoms with Gasteiger partial charge in [-0.25, -0.2) is 4.98 Å². The second kappa shape index (κ2) is 9.99. The Morgan fingerprint density at radius 1 is 1.14 bits per heavy atom. The maximum atomic E-state index is 6.37. The van der Waals surface area contributed by atoms with Gasteiger partial charge in [0.25, 0.3) is 0 Å². The van der Waals surface area contributed by atoms with Crippen molar-refractivity contribution in [2.45, 2.75) is 6.42 Å². The highest BCUT2D eigenvalue weighted by atomic mass is 127. The third kappa shape index (κ3) is 6.02. The topological polar surface area (TPSA) is 66.0 Å². The van der Waals surface area contributed by atoms with Gasteiger partial charge in [0.1, 0.15) is 5.82 Å². The summed E-state index contributed by atoms with van der Waals surface area (Å²) in [6.45, 7) is 1.79. The monoisotopic (exact) mass is 508 g/mol. The van der Waals surface area contributed by atoms with Gasteiger partial charge in [-0.2, -0.15) is 4.98 Å². The average Bonchev–Trinajstić information content (AvgIpc) is 2.68. The summed E-state index contributed by atoms with van der Waals surface area (Å²) in [4.78, 5) is 15.6. The fourth-order valence-corrected chi connectivity index (χ4v) is 3.48. The summed E-state index contributed by atoms with van der Waals surface area (Å²) in [6.07, 6.45) is 4.54. The summed E-state index contributed by atoms with van der Waals surface area (Å²) in [5, 5.41) is 7.27. The molecule has 28 heavy (non-hydrogen) atoms. The van der Waals surface area contributed by atoms with Crippen LogP contribution in [0.3, 0.4) is 0 Å². The van der Waals surface area contributed by atoms with Gasteiger partial charge < -0.3 is 15.5 Å². The standard InChI is InChI=1S/C20H22ClIN6/c1-28(2)10-4-9-24-20-26-18(14-5-3-8-23-13-14)12-19(27-20)25-17-7-6-15(22)11-16(17)21/h3,5-8,11-13H,4,9-10H2,1-2H3,(H2,24,25,26,27). The van der Waals surface area contributed by atoms with Gasteiger partial charge in [0.15, 0.2) is 0 Å². The first-order valence-corrected chi connectivity index (χ1v) is 10.4. The molecule has 3 aromatic rings. The van der Waals surface area contributed by atoms with Crippen LogP contribution < -0.4 is 10.6 Å². The quantitative estimate of drug-likeness (QED) is 0.333. The number of nitrogens with one attached hydrogen (secondary N) is 2. The molecule has 0 unspecified atom stereocenters. The van der Waals surface area contributed by atoms with Crippen LogP contribution in [0.1, 0.15) is 6.42 Å². The van der Waals surface area contributed by atoms with Gasteiger partial charge in [-0.15, -0.1) is 0 Å². The van der Waals surface area contributed by atoms with Crippen molar-refractivity contribution >= 4 is 51.6 Å². The molecule has 0 aliphatic rings.